The van der Waals surface area contributed by atoms with E-state index in [4.69, 9.17) is 0 Å². The third-order valence-electron chi connectivity index (χ3n) is 2.01. The second-order valence-corrected chi connectivity index (χ2v) is 8.92. The number of thiophene rings is 1. The number of halogens is 4. The molecule has 0 unspecified atom stereocenters. The smallest absolute Gasteiger partial charge is 0.315 e. The van der Waals surface area contributed by atoms with Gasteiger partial charge in [-0.1, -0.05) is 0 Å². The molecule has 0 fully saturated rings. The maximum Gasteiger partial charge on any atom is 0.441 e. The van der Waals surface area contributed by atoms with E-state index in [2.05, 4.69) is 26.0 Å². The third-order valence-corrected chi connectivity index (χ3v) is 6.46. The number of sulfonamides is 1. The molecule has 0 spiro atoms. The molecule has 20 heavy (non-hydrogen) atoms. The summed E-state index contributed by atoms with van der Waals surface area (Å²) >= 11 is 4.15. The zero-order valence-electron chi connectivity index (χ0n) is 10.3. The molecule has 1 aromatic heterocycles. The monoisotopic (exact) mass is 412 g/mol. The van der Waals surface area contributed by atoms with Crippen molar-refractivity contribution in [2.24, 2.45) is 0 Å². The Morgan fingerprint density at radius 1 is 1.45 bits per heavy atom. The van der Waals surface area contributed by atoms with E-state index < -0.39 is 15.5 Å². The maximum absolute atomic E-state index is 11.9. The number of rotatable bonds is 7. The van der Waals surface area contributed by atoms with E-state index in [0.29, 0.717) is 10.3 Å². The molecule has 1 heterocycles. The molecule has 0 aromatic carbocycles. The van der Waals surface area contributed by atoms with Crippen molar-refractivity contribution in [1.82, 2.24) is 10.0 Å². The van der Waals surface area contributed by atoms with Crippen LogP contribution in [0.2, 0.25) is 0 Å². The zero-order valence-corrected chi connectivity index (χ0v) is 14.3. The lowest BCUT2D eigenvalue weighted by molar-refractivity contribution is -0.0327. The summed E-state index contributed by atoms with van der Waals surface area (Å²) < 4.78 is 62.3. The normalized spacial score (nSPS) is 12.8. The Labute approximate surface area is 131 Å². The van der Waals surface area contributed by atoms with Crippen LogP contribution in [0.5, 0.6) is 0 Å². The van der Waals surface area contributed by atoms with Crippen molar-refractivity contribution >= 4 is 49.1 Å². The highest BCUT2D eigenvalue weighted by atomic mass is 79.9. The highest BCUT2D eigenvalue weighted by molar-refractivity contribution is 9.11. The molecule has 0 amide bonds. The van der Waals surface area contributed by atoms with Crippen molar-refractivity contribution in [3.63, 3.8) is 0 Å². The van der Waals surface area contributed by atoms with Gasteiger partial charge in [-0.25, -0.2) is 13.1 Å². The first kappa shape index (κ1) is 18.2. The predicted molar refractivity (Wildman–Crippen MR) is 78.5 cm³/mol. The fourth-order valence-electron chi connectivity index (χ4n) is 1.26. The van der Waals surface area contributed by atoms with Crippen molar-refractivity contribution in [3.8, 4) is 0 Å². The molecule has 4 nitrogen and oxygen atoms in total. The molecular weight excluding hydrogens is 401 g/mol. The summed E-state index contributed by atoms with van der Waals surface area (Å²) in [4.78, 5) is 0.856. The molecule has 116 valence electrons. The highest BCUT2D eigenvalue weighted by Gasteiger charge is 2.28. The van der Waals surface area contributed by atoms with Gasteiger partial charge in [-0.05, 0) is 40.8 Å². The molecule has 0 bridgehead atoms. The van der Waals surface area contributed by atoms with Gasteiger partial charge in [0.05, 0.1) is 3.79 Å². The lowest BCUT2D eigenvalue weighted by Crippen LogP contribution is -2.26. The molecule has 0 aliphatic carbocycles. The largest absolute Gasteiger partial charge is 0.441 e. The van der Waals surface area contributed by atoms with Crippen LogP contribution in [0.15, 0.2) is 14.7 Å². The summed E-state index contributed by atoms with van der Waals surface area (Å²) in [5.74, 6) is -0.367. The van der Waals surface area contributed by atoms with Gasteiger partial charge < -0.3 is 5.32 Å². The van der Waals surface area contributed by atoms with Crippen molar-refractivity contribution < 1.29 is 21.6 Å². The van der Waals surface area contributed by atoms with Crippen molar-refractivity contribution in [2.45, 2.75) is 16.9 Å². The lowest BCUT2D eigenvalue weighted by atomic mass is 10.5. The van der Waals surface area contributed by atoms with Gasteiger partial charge in [0.2, 0.25) is 10.0 Å². The molecule has 11 heteroatoms. The Kier molecular flexibility index (Phi) is 6.80. The summed E-state index contributed by atoms with van der Waals surface area (Å²) in [7, 11) is -2.07. The Morgan fingerprint density at radius 2 is 2.10 bits per heavy atom. The van der Waals surface area contributed by atoms with Gasteiger partial charge in [-0.3, -0.25) is 0 Å². The van der Waals surface area contributed by atoms with Crippen LogP contribution in [0.25, 0.3) is 0 Å². The minimum absolute atomic E-state index is 0.0461. The highest BCUT2D eigenvalue weighted by Crippen LogP contribution is 2.32. The molecule has 0 atom stereocenters. The van der Waals surface area contributed by atoms with Gasteiger partial charge in [0.1, 0.15) is 4.90 Å². The van der Waals surface area contributed by atoms with Crippen LogP contribution in [-0.4, -0.2) is 33.3 Å². The van der Waals surface area contributed by atoms with Gasteiger partial charge in [0.25, 0.3) is 0 Å². The van der Waals surface area contributed by atoms with Crippen molar-refractivity contribution in [3.05, 3.63) is 14.7 Å². The fraction of sp³-hybridized carbons (Fsp3) is 0.556. The number of hydrogen-bond acceptors (Lipinski definition) is 5. The van der Waals surface area contributed by atoms with Gasteiger partial charge in [-0.15, -0.1) is 11.3 Å². The van der Waals surface area contributed by atoms with E-state index >= 15 is 0 Å². The Morgan fingerprint density at radius 3 is 2.65 bits per heavy atom. The second-order valence-electron chi connectivity index (χ2n) is 3.57. The molecule has 1 rings (SSSR count). The van der Waals surface area contributed by atoms with Crippen LogP contribution >= 0.6 is 39.0 Å². The topological polar surface area (TPSA) is 58.2 Å². The standard InChI is InChI=1S/C9H12BrF3N2O2S3/c1-14-5-6-4-7(8(10)19-6)20(16,17)15-2-3-18-9(11,12)13/h4,14-15H,2-3,5H2,1H3. The molecule has 0 aliphatic heterocycles. The minimum atomic E-state index is -4.35. The summed E-state index contributed by atoms with van der Waals surface area (Å²) in [6, 6.07) is 1.49. The maximum atomic E-state index is 11.9. The van der Waals surface area contributed by atoms with E-state index in [0.717, 1.165) is 4.88 Å². The Balaban J connectivity index is 2.64. The van der Waals surface area contributed by atoms with Gasteiger partial charge in [0, 0.05) is 23.7 Å². The average molecular weight is 413 g/mol. The van der Waals surface area contributed by atoms with E-state index in [1.807, 2.05) is 0 Å². The van der Waals surface area contributed by atoms with Crippen molar-refractivity contribution in [1.29, 1.82) is 0 Å². The first-order valence-corrected chi connectivity index (χ1v) is 9.36. The average Bonchev–Trinajstić information content (AvgIpc) is 2.66. The number of thioether (sulfide) groups is 1. The molecule has 0 radical (unpaired) electrons. The van der Waals surface area contributed by atoms with Crippen LogP contribution in [0.4, 0.5) is 13.2 Å². The molecule has 0 saturated carbocycles. The number of hydrogen-bond donors (Lipinski definition) is 2. The van der Waals surface area contributed by atoms with E-state index in [1.54, 1.807) is 7.05 Å². The molecule has 2 N–H and O–H groups in total. The Bertz CT molecular complexity index is 545. The third kappa shape index (κ3) is 5.90. The van der Waals surface area contributed by atoms with Crippen LogP contribution in [0.3, 0.4) is 0 Å². The lowest BCUT2D eigenvalue weighted by Gasteiger charge is -2.07. The Hall–Kier alpha value is 0.190. The summed E-state index contributed by atoms with van der Waals surface area (Å²) in [6.45, 7) is 0.235. The first-order chi connectivity index (χ1) is 9.15. The second kappa shape index (κ2) is 7.45. The van der Waals surface area contributed by atoms with E-state index in [1.165, 1.54) is 17.4 Å². The summed E-state index contributed by atoms with van der Waals surface area (Å²) in [5, 5.41) is 2.89. The summed E-state index contributed by atoms with van der Waals surface area (Å²) in [5.41, 5.74) is -4.35. The van der Waals surface area contributed by atoms with Crippen molar-refractivity contribution in [2.75, 3.05) is 19.3 Å². The van der Waals surface area contributed by atoms with E-state index in [-0.39, 0.29) is 29.0 Å². The molecular formula is C9H12BrF3N2O2S3. The predicted octanol–water partition coefficient (Wildman–Crippen LogP) is 2.76. The van der Waals surface area contributed by atoms with Crippen LogP contribution in [0.1, 0.15) is 4.88 Å². The number of nitrogens with one attached hydrogen (secondary N) is 2. The molecule has 1 aromatic rings. The molecule has 0 saturated heterocycles. The minimum Gasteiger partial charge on any atom is -0.315 e. The SMILES string of the molecule is CNCc1cc(S(=O)(=O)NCCSC(F)(F)F)c(Br)s1. The van der Waals surface area contributed by atoms with Crippen LogP contribution < -0.4 is 10.0 Å². The van der Waals surface area contributed by atoms with Crippen LogP contribution in [0, 0.1) is 0 Å². The van der Waals surface area contributed by atoms with Gasteiger partial charge in [0.15, 0.2) is 0 Å². The quantitative estimate of drug-likeness (QED) is 0.676. The van der Waals surface area contributed by atoms with Gasteiger partial charge >= 0.3 is 5.51 Å². The first-order valence-electron chi connectivity index (χ1n) is 5.29. The molecule has 0 aliphatic rings. The van der Waals surface area contributed by atoms with Crippen LogP contribution in [-0.2, 0) is 16.6 Å². The fourth-order valence-corrected chi connectivity index (χ4v) is 5.55. The number of alkyl halides is 3. The summed E-state index contributed by atoms with van der Waals surface area (Å²) in [6.07, 6.45) is 0. The van der Waals surface area contributed by atoms with E-state index in [9.17, 15) is 21.6 Å². The zero-order chi connectivity index (χ0) is 15.4. The van der Waals surface area contributed by atoms with Gasteiger partial charge in [-0.2, -0.15) is 13.2 Å².